The predicted octanol–water partition coefficient (Wildman–Crippen LogP) is 0.443. The van der Waals surface area contributed by atoms with Gasteiger partial charge in [0.1, 0.15) is 0 Å². The van der Waals surface area contributed by atoms with Gasteiger partial charge in [-0.05, 0) is 19.9 Å². The van der Waals surface area contributed by atoms with Crippen molar-refractivity contribution in [2.45, 2.75) is 20.4 Å². The van der Waals surface area contributed by atoms with Crippen molar-refractivity contribution in [3.63, 3.8) is 0 Å². The van der Waals surface area contributed by atoms with Gasteiger partial charge in [0.2, 0.25) is 0 Å². The van der Waals surface area contributed by atoms with Crippen LogP contribution in [0.5, 0.6) is 0 Å². The normalized spacial score (nSPS) is 11.1. The lowest BCUT2D eigenvalue weighted by Gasteiger charge is -2.21. The maximum absolute atomic E-state index is 11.4. The van der Waals surface area contributed by atoms with Gasteiger partial charge < -0.3 is 4.74 Å². The van der Waals surface area contributed by atoms with Crippen LogP contribution in [0.2, 0.25) is 0 Å². The first kappa shape index (κ1) is 11.4. The second-order valence-electron chi connectivity index (χ2n) is 3.90. The van der Waals surface area contributed by atoms with E-state index < -0.39 is 5.41 Å². The van der Waals surface area contributed by atoms with E-state index in [1.54, 1.807) is 19.9 Å². The lowest BCUT2D eigenvalue weighted by atomic mass is 9.94. The Morgan fingerprint density at radius 3 is 2.80 bits per heavy atom. The van der Waals surface area contributed by atoms with E-state index in [1.807, 2.05) is 0 Å². The van der Waals surface area contributed by atoms with E-state index in [0.717, 1.165) is 0 Å². The molecule has 0 aromatic carbocycles. The number of hydrogen-bond acceptors (Lipinski definition) is 4. The van der Waals surface area contributed by atoms with Gasteiger partial charge in [-0.3, -0.25) is 9.59 Å². The predicted molar refractivity (Wildman–Crippen MR) is 54.3 cm³/mol. The number of esters is 1. The lowest BCUT2D eigenvalue weighted by molar-refractivity contribution is -0.151. The van der Waals surface area contributed by atoms with Gasteiger partial charge in [0.25, 0.3) is 5.56 Å². The summed E-state index contributed by atoms with van der Waals surface area (Å²) in [5, 5.41) is 3.88. The molecule has 5 nitrogen and oxygen atoms in total. The van der Waals surface area contributed by atoms with Gasteiger partial charge in [0, 0.05) is 12.3 Å². The molecule has 0 radical (unpaired) electrons. The first-order chi connectivity index (χ1) is 6.97. The second kappa shape index (κ2) is 4.25. The summed E-state index contributed by atoms with van der Waals surface area (Å²) in [6, 6.07) is 2.96. The molecule has 0 amide bonds. The Morgan fingerprint density at radius 1 is 1.60 bits per heavy atom. The number of rotatable bonds is 3. The van der Waals surface area contributed by atoms with E-state index in [2.05, 4.69) is 9.84 Å². The molecule has 1 heterocycles. The zero-order valence-electron chi connectivity index (χ0n) is 9.06. The average Bonchev–Trinajstić information content (AvgIpc) is 2.20. The fourth-order valence-corrected chi connectivity index (χ4v) is 1.22. The molecular formula is C10H14N2O3. The molecule has 15 heavy (non-hydrogen) atoms. The Balaban J connectivity index is 2.91. The Kier molecular flexibility index (Phi) is 3.24. The third-order valence-corrected chi connectivity index (χ3v) is 2.07. The summed E-state index contributed by atoms with van der Waals surface area (Å²) in [6.07, 6.45) is 1.51. The van der Waals surface area contributed by atoms with Crippen LogP contribution in [0.15, 0.2) is 23.1 Å². The minimum absolute atomic E-state index is 0.208. The first-order valence-electron chi connectivity index (χ1n) is 4.58. The van der Waals surface area contributed by atoms with E-state index in [9.17, 15) is 9.59 Å². The van der Waals surface area contributed by atoms with Gasteiger partial charge >= 0.3 is 5.97 Å². The van der Waals surface area contributed by atoms with E-state index in [0.29, 0.717) is 0 Å². The van der Waals surface area contributed by atoms with Crippen LogP contribution in [0.4, 0.5) is 0 Å². The van der Waals surface area contributed by atoms with Crippen molar-refractivity contribution >= 4 is 5.97 Å². The van der Waals surface area contributed by atoms with Crippen LogP contribution >= 0.6 is 0 Å². The standard InChI is InChI=1S/C10H14N2O3/c1-10(2,9(14)15-3)7-12-8(13)5-4-6-11-12/h4-6H,7H2,1-3H3. The van der Waals surface area contributed by atoms with Crippen LogP contribution in [0, 0.1) is 5.41 Å². The molecule has 0 aliphatic carbocycles. The zero-order chi connectivity index (χ0) is 11.5. The maximum atomic E-state index is 11.4. The van der Waals surface area contributed by atoms with Crippen LogP contribution in [0.1, 0.15) is 13.8 Å². The van der Waals surface area contributed by atoms with Crippen LogP contribution in [0.25, 0.3) is 0 Å². The van der Waals surface area contributed by atoms with Gasteiger partial charge in [0.15, 0.2) is 0 Å². The van der Waals surface area contributed by atoms with Gasteiger partial charge in [-0.15, -0.1) is 0 Å². The third kappa shape index (κ3) is 2.65. The number of hydrogen-bond donors (Lipinski definition) is 0. The Morgan fingerprint density at radius 2 is 2.27 bits per heavy atom. The van der Waals surface area contributed by atoms with Gasteiger partial charge in [-0.25, -0.2) is 4.68 Å². The molecule has 5 heteroatoms. The molecule has 82 valence electrons. The van der Waals surface area contributed by atoms with E-state index in [4.69, 9.17) is 0 Å². The van der Waals surface area contributed by atoms with Crippen LogP contribution in [0.3, 0.4) is 0 Å². The van der Waals surface area contributed by atoms with E-state index in [-0.39, 0.29) is 18.1 Å². The van der Waals surface area contributed by atoms with Gasteiger partial charge in [-0.2, -0.15) is 5.10 Å². The molecule has 0 aliphatic rings. The summed E-state index contributed by atoms with van der Waals surface area (Å²) in [7, 11) is 1.32. The molecule has 0 N–H and O–H groups in total. The largest absolute Gasteiger partial charge is 0.469 e. The number of nitrogens with zero attached hydrogens (tertiary/aromatic N) is 2. The summed E-state index contributed by atoms with van der Waals surface area (Å²) in [5.41, 5.74) is -0.984. The van der Waals surface area contributed by atoms with Crippen molar-refractivity contribution in [1.29, 1.82) is 0 Å². The molecule has 0 fully saturated rings. The molecule has 1 aromatic heterocycles. The Bertz CT molecular complexity index is 409. The second-order valence-corrected chi connectivity index (χ2v) is 3.90. The fourth-order valence-electron chi connectivity index (χ4n) is 1.22. The van der Waals surface area contributed by atoms with Crippen LogP contribution in [-0.4, -0.2) is 22.9 Å². The zero-order valence-corrected chi connectivity index (χ0v) is 9.06. The highest BCUT2D eigenvalue weighted by Crippen LogP contribution is 2.18. The Labute approximate surface area is 87.7 Å². The quantitative estimate of drug-likeness (QED) is 0.679. The fraction of sp³-hybridized carbons (Fsp3) is 0.500. The molecule has 0 spiro atoms. The number of methoxy groups -OCH3 is 1. The van der Waals surface area contributed by atoms with Gasteiger partial charge in [-0.1, -0.05) is 0 Å². The minimum Gasteiger partial charge on any atom is -0.469 e. The third-order valence-electron chi connectivity index (χ3n) is 2.07. The monoisotopic (exact) mass is 210 g/mol. The van der Waals surface area contributed by atoms with Crippen molar-refractivity contribution in [2.24, 2.45) is 5.41 Å². The SMILES string of the molecule is COC(=O)C(C)(C)Cn1ncccc1=O. The topological polar surface area (TPSA) is 61.2 Å². The van der Waals surface area contributed by atoms with Crippen molar-refractivity contribution in [2.75, 3.05) is 7.11 Å². The molecule has 0 aliphatic heterocycles. The molecule has 1 aromatic rings. The van der Waals surface area contributed by atoms with Crippen LogP contribution in [-0.2, 0) is 16.1 Å². The van der Waals surface area contributed by atoms with Gasteiger partial charge in [0.05, 0.1) is 19.1 Å². The highest BCUT2D eigenvalue weighted by atomic mass is 16.5. The first-order valence-corrected chi connectivity index (χ1v) is 4.58. The average molecular weight is 210 g/mol. The highest BCUT2D eigenvalue weighted by molar-refractivity contribution is 5.75. The number of carbonyl (C=O) groups excluding carboxylic acids is 1. The highest BCUT2D eigenvalue weighted by Gasteiger charge is 2.29. The molecule has 1 rings (SSSR count). The van der Waals surface area contributed by atoms with Crippen molar-refractivity contribution < 1.29 is 9.53 Å². The molecule has 0 unspecified atom stereocenters. The van der Waals surface area contributed by atoms with E-state index >= 15 is 0 Å². The summed E-state index contributed by atoms with van der Waals surface area (Å²) < 4.78 is 5.89. The molecule has 0 atom stereocenters. The van der Waals surface area contributed by atoms with E-state index in [1.165, 1.54) is 24.1 Å². The van der Waals surface area contributed by atoms with Crippen molar-refractivity contribution in [3.05, 3.63) is 28.7 Å². The minimum atomic E-state index is -0.757. The van der Waals surface area contributed by atoms with Crippen molar-refractivity contribution in [3.8, 4) is 0 Å². The molecule has 0 saturated carbocycles. The van der Waals surface area contributed by atoms with Crippen LogP contribution < -0.4 is 5.56 Å². The molecule has 0 bridgehead atoms. The van der Waals surface area contributed by atoms with Crippen molar-refractivity contribution in [1.82, 2.24) is 9.78 Å². The molecule has 0 saturated heterocycles. The number of ether oxygens (including phenoxy) is 1. The molecular weight excluding hydrogens is 196 g/mol. The summed E-state index contributed by atoms with van der Waals surface area (Å²) >= 11 is 0. The summed E-state index contributed by atoms with van der Waals surface area (Å²) in [6.45, 7) is 3.62. The smallest absolute Gasteiger partial charge is 0.313 e. The number of carbonyl (C=O) groups is 1. The summed E-state index contributed by atoms with van der Waals surface area (Å²) in [4.78, 5) is 22.7. The summed E-state index contributed by atoms with van der Waals surface area (Å²) in [5.74, 6) is -0.361. The number of aromatic nitrogens is 2. The maximum Gasteiger partial charge on any atom is 0.313 e. The lowest BCUT2D eigenvalue weighted by Crippen LogP contribution is -2.35. The Hall–Kier alpha value is -1.65.